The molecule has 1 N–H and O–H groups in total. The van der Waals surface area contributed by atoms with Crippen LogP contribution in [0.1, 0.15) is 26.4 Å². The van der Waals surface area contributed by atoms with Gasteiger partial charge in [-0.25, -0.2) is 4.79 Å². The molecular weight excluding hydrogens is 304 g/mol. The Morgan fingerprint density at radius 1 is 1.36 bits per heavy atom. The van der Waals surface area contributed by atoms with E-state index in [1.807, 2.05) is 0 Å². The van der Waals surface area contributed by atoms with E-state index in [4.69, 9.17) is 9.47 Å². The average Bonchev–Trinajstić information content (AvgIpc) is 2.93. The number of esters is 1. The topological polar surface area (TPSA) is 77.5 Å². The zero-order valence-electron chi connectivity index (χ0n) is 12.5. The quantitative estimate of drug-likeness (QED) is 0.651. The SMILES string of the molecule is CNc1snc(C)c1C(=O)OCC(=O)c1cccc(OC)c1. The van der Waals surface area contributed by atoms with Gasteiger partial charge >= 0.3 is 5.97 Å². The number of rotatable bonds is 6. The van der Waals surface area contributed by atoms with Crippen LogP contribution >= 0.6 is 11.5 Å². The van der Waals surface area contributed by atoms with Gasteiger partial charge in [0.2, 0.25) is 0 Å². The number of hydrogen-bond acceptors (Lipinski definition) is 7. The Balaban J connectivity index is 2.04. The van der Waals surface area contributed by atoms with Gasteiger partial charge in [0.25, 0.3) is 0 Å². The van der Waals surface area contributed by atoms with E-state index in [0.29, 0.717) is 27.6 Å². The molecule has 0 saturated heterocycles. The molecule has 0 spiro atoms. The smallest absolute Gasteiger partial charge is 0.343 e. The van der Waals surface area contributed by atoms with Gasteiger partial charge in [0.15, 0.2) is 12.4 Å². The third-order valence-corrected chi connectivity index (χ3v) is 3.98. The largest absolute Gasteiger partial charge is 0.497 e. The summed E-state index contributed by atoms with van der Waals surface area (Å²) < 4.78 is 14.3. The number of ether oxygens (including phenoxy) is 2. The summed E-state index contributed by atoms with van der Waals surface area (Å²) in [7, 11) is 3.22. The number of carbonyl (C=O) groups excluding carboxylic acids is 2. The summed E-state index contributed by atoms with van der Waals surface area (Å²) in [5, 5.41) is 3.51. The molecule has 0 atom stereocenters. The summed E-state index contributed by atoms with van der Waals surface area (Å²) in [4.78, 5) is 24.2. The third-order valence-electron chi connectivity index (χ3n) is 3.02. The van der Waals surface area contributed by atoms with Gasteiger partial charge in [-0.15, -0.1) is 0 Å². The molecular formula is C15H16N2O4S. The zero-order valence-corrected chi connectivity index (χ0v) is 13.3. The minimum Gasteiger partial charge on any atom is -0.497 e. The molecule has 22 heavy (non-hydrogen) atoms. The fourth-order valence-electron chi connectivity index (χ4n) is 1.86. The van der Waals surface area contributed by atoms with Crippen LogP contribution in [0.15, 0.2) is 24.3 Å². The average molecular weight is 320 g/mol. The van der Waals surface area contributed by atoms with Crippen molar-refractivity contribution >= 4 is 28.3 Å². The highest BCUT2D eigenvalue weighted by atomic mass is 32.1. The Labute approximate surface area is 132 Å². The van der Waals surface area contributed by atoms with Crippen molar-refractivity contribution in [3.8, 4) is 5.75 Å². The van der Waals surface area contributed by atoms with Crippen molar-refractivity contribution in [3.63, 3.8) is 0 Å². The van der Waals surface area contributed by atoms with Crippen LogP contribution in [0.3, 0.4) is 0 Å². The van der Waals surface area contributed by atoms with Gasteiger partial charge in [-0.1, -0.05) is 12.1 Å². The molecule has 2 aromatic rings. The molecule has 116 valence electrons. The van der Waals surface area contributed by atoms with Crippen LogP contribution < -0.4 is 10.1 Å². The number of benzene rings is 1. The second kappa shape index (κ2) is 7.04. The molecule has 0 amide bonds. The summed E-state index contributed by atoms with van der Waals surface area (Å²) in [5.41, 5.74) is 1.38. The van der Waals surface area contributed by atoms with Crippen molar-refractivity contribution in [1.29, 1.82) is 0 Å². The highest BCUT2D eigenvalue weighted by molar-refractivity contribution is 7.10. The maximum atomic E-state index is 12.1. The monoisotopic (exact) mass is 320 g/mol. The molecule has 1 aromatic carbocycles. The number of aromatic nitrogens is 1. The highest BCUT2D eigenvalue weighted by Gasteiger charge is 2.20. The van der Waals surface area contributed by atoms with E-state index in [0.717, 1.165) is 0 Å². The number of carbonyl (C=O) groups is 2. The Morgan fingerprint density at radius 3 is 2.82 bits per heavy atom. The van der Waals surface area contributed by atoms with Crippen LogP contribution in [0.4, 0.5) is 5.00 Å². The lowest BCUT2D eigenvalue weighted by Crippen LogP contribution is -2.15. The van der Waals surface area contributed by atoms with Crippen molar-refractivity contribution in [2.24, 2.45) is 0 Å². The molecule has 0 aliphatic heterocycles. The number of nitrogens with one attached hydrogen (secondary N) is 1. The predicted molar refractivity (Wildman–Crippen MR) is 84.0 cm³/mol. The van der Waals surface area contributed by atoms with E-state index in [9.17, 15) is 9.59 Å². The standard InChI is InChI=1S/C15H16N2O4S/c1-9-13(14(16-2)22-17-9)15(19)21-8-12(18)10-5-4-6-11(7-10)20-3/h4-7,16H,8H2,1-3H3. The molecule has 0 saturated carbocycles. The fraction of sp³-hybridized carbons (Fsp3) is 0.267. The van der Waals surface area contributed by atoms with E-state index in [-0.39, 0.29) is 12.4 Å². The van der Waals surface area contributed by atoms with E-state index >= 15 is 0 Å². The fourth-order valence-corrected chi connectivity index (χ4v) is 2.60. The van der Waals surface area contributed by atoms with Gasteiger partial charge in [-0.2, -0.15) is 4.37 Å². The van der Waals surface area contributed by atoms with Crippen molar-refractivity contribution in [2.75, 3.05) is 26.1 Å². The molecule has 7 heteroatoms. The van der Waals surface area contributed by atoms with E-state index in [1.165, 1.54) is 18.6 Å². The number of nitrogens with zero attached hydrogens (tertiary/aromatic N) is 1. The zero-order chi connectivity index (χ0) is 16.1. The van der Waals surface area contributed by atoms with Crippen molar-refractivity contribution in [3.05, 3.63) is 41.1 Å². The van der Waals surface area contributed by atoms with Crippen LogP contribution in [-0.4, -0.2) is 36.9 Å². The predicted octanol–water partition coefficient (Wildman–Crippen LogP) is 2.54. The Morgan fingerprint density at radius 2 is 2.14 bits per heavy atom. The summed E-state index contributed by atoms with van der Waals surface area (Å²) in [6, 6.07) is 6.70. The van der Waals surface area contributed by atoms with Crippen LogP contribution in [0.2, 0.25) is 0 Å². The number of methoxy groups -OCH3 is 1. The number of aryl methyl sites for hydroxylation is 1. The number of hydrogen-bond donors (Lipinski definition) is 1. The maximum Gasteiger partial charge on any atom is 0.343 e. The van der Waals surface area contributed by atoms with Gasteiger partial charge in [-0.3, -0.25) is 4.79 Å². The summed E-state index contributed by atoms with van der Waals surface area (Å²) >= 11 is 1.18. The van der Waals surface area contributed by atoms with Gasteiger partial charge in [0.1, 0.15) is 16.3 Å². The maximum absolute atomic E-state index is 12.1. The first-order valence-corrected chi connectivity index (χ1v) is 7.32. The van der Waals surface area contributed by atoms with E-state index in [2.05, 4.69) is 9.69 Å². The van der Waals surface area contributed by atoms with Gasteiger partial charge < -0.3 is 14.8 Å². The Hall–Kier alpha value is -2.41. The lowest BCUT2D eigenvalue weighted by atomic mass is 10.1. The molecule has 0 fully saturated rings. The second-order valence-electron chi connectivity index (χ2n) is 4.45. The van der Waals surface area contributed by atoms with Gasteiger partial charge in [-0.05, 0) is 30.6 Å². The molecule has 0 bridgehead atoms. The summed E-state index contributed by atoms with van der Waals surface area (Å²) in [6.07, 6.45) is 0. The van der Waals surface area contributed by atoms with Crippen LogP contribution in [0.25, 0.3) is 0 Å². The van der Waals surface area contributed by atoms with Crippen LogP contribution in [-0.2, 0) is 4.74 Å². The van der Waals surface area contributed by atoms with Crippen molar-refractivity contribution in [1.82, 2.24) is 4.37 Å². The van der Waals surface area contributed by atoms with Gasteiger partial charge in [0.05, 0.1) is 12.8 Å². The lowest BCUT2D eigenvalue weighted by Gasteiger charge is -2.06. The summed E-state index contributed by atoms with van der Waals surface area (Å²) in [5.74, 6) is -0.279. The number of anilines is 1. The number of ketones is 1. The minimum absolute atomic E-state index is 0.293. The first-order chi connectivity index (χ1) is 10.6. The second-order valence-corrected chi connectivity index (χ2v) is 5.23. The van der Waals surface area contributed by atoms with E-state index in [1.54, 1.807) is 38.2 Å². The van der Waals surface area contributed by atoms with Crippen molar-refractivity contribution < 1.29 is 19.1 Å². The normalized spacial score (nSPS) is 10.1. The lowest BCUT2D eigenvalue weighted by molar-refractivity contribution is 0.0475. The molecule has 2 rings (SSSR count). The number of Topliss-reactive ketones (excluding diaryl/α,β-unsaturated/α-hetero) is 1. The first kappa shape index (κ1) is 16.0. The van der Waals surface area contributed by atoms with Crippen LogP contribution in [0, 0.1) is 6.92 Å². The molecule has 0 aliphatic carbocycles. The molecule has 6 nitrogen and oxygen atoms in total. The molecule has 0 radical (unpaired) electrons. The van der Waals surface area contributed by atoms with E-state index < -0.39 is 5.97 Å². The van der Waals surface area contributed by atoms with Crippen molar-refractivity contribution in [2.45, 2.75) is 6.92 Å². The molecule has 0 unspecified atom stereocenters. The van der Waals surface area contributed by atoms with Gasteiger partial charge in [0, 0.05) is 12.6 Å². The molecule has 1 aromatic heterocycles. The molecule has 0 aliphatic rings. The Bertz CT molecular complexity index is 697. The molecule has 1 heterocycles. The third kappa shape index (κ3) is 3.43. The highest BCUT2D eigenvalue weighted by Crippen LogP contribution is 2.24. The summed E-state index contributed by atoms with van der Waals surface area (Å²) in [6.45, 7) is 1.39. The minimum atomic E-state index is -0.563. The Kier molecular flexibility index (Phi) is 5.11. The van der Waals surface area contributed by atoms with Crippen LogP contribution in [0.5, 0.6) is 5.75 Å². The first-order valence-electron chi connectivity index (χ1n) is 6.55.